The maximum atomic E-state index is 12.5. The van der Waals surface area contributed by atoms with Gasteiger partial charge in [-0.15, -0.1) is 0 Å². The third-order valence-electron chi connectivity index (χ3n) is 4.70. The van der Waals surface area contributed by atoms with Gasteiger partial charge >= 0.3 is 12.1 Å². The van der Waals surface area contributed by atoms with Crippen LogP contribution in [0.15, 0.2) is 30.3 Å². The molecule has 2 N–H and O–H groups in total. The fraction of sp³-hybridized carbons (Fsp3) is 0.529. The Labute approximate surface area is 131 Å². The summed E-state index contributed by atoms with van der Waals surface area (Å²) in [7, 11) is 0. The molecule has 2 atom stereocenters. The SMILES string of the molecule is C[C@H]1[C@H](c2ccccc2)NC(=O)N1C(=O)NC1CCCCC1. The van der Waals surface area contributed by atoms with Gasteiger partial charge in [-0.3, -0.25) is 0 Å². The van der Waals surface area contributed by atoms with E-state index in [4.69, 9.17) is 0 Å². The molecule has 2 fully saturated rings. The number of hydrogen-bond acceptors (Lipinski definition) is 2. The minimum Gasteiger partial charge on any atom is -0.335 e. The lowest BCUT2D eigenvalue weighted by Crippen LogP contribution is -2.49. The lowest BCUT2D eigenvalue weighted by molar-refractivity contribution is 0.183. The van der Waals surface area contributed by atoms with Gasteiger partial charge in [-0.05, 0) is 25.3 Å². The zero-order valence-electron chi connectivity index (χ0n) is 12.9. The molecule has 1 aromatic rings. The number of nitrogens with zero attached hydrogens (tertiary/aromatic N) is 1. The minimum absolute atomic E-state index is 0.147. The quantitative estimate of drug-likeness (QED) is 0.881. The van der Waals surface area contributed by atoms with Crippen LogP contribution in [0.3, 0.4) is 0 Å². The Hall–Kier alpha value is -2.04. The van der Waals surface area contributed by atoms with E-state index in [1.54, 1.807) is 0 Å². The summed E-state index contributed by atoms with van der Waals surface area (Å²) in [6, 6.07) is 9.07. The second-order valence-electron chi connectivity index (χ2n) is 6.23. The molecule has 4 amide bonds. The van der Waals surface area contributed by atoms with Crippen LogP contribution in [0.25, 0.3) is 0 Å². The highest BCUT2D eigenvalue weighted by molar-refractivity contribution is 5.96. The fourth-order valence-electron chi connectivity index (χ4n) is 3.45. The van der Waals surface area contributed by atoms with Crippen LogP contribution in [-0.4, -0.2) is 29.0 Å². The Balaban J connectivity index is 1.68. The van der Waals surface area contributed by atoms with Gasteiger partial charge in [-0.1, -0.05) is 49.6 Å². The van der Waals surface area contributed by atoms with Gasteiger partial charge in [0.2, 0.25) is 0 Å². The Bertz CT molecular complexity index is 540. The normalized spacial score (nSPS) is 25.9. The molecule has 2 aliphatic rings. The van der Waals surface area contributed by atoms with Gasteiger partial charge in [-0.25, -0.2) is 14.5 Å². The highest BCUT2D eigenvalue weighted by Gasteiger charge is 2.41. The van der Waals surface area contributed by atoms with Gasteiger partial charge in [0.05, 0.1) is 12.1 Å². The molecule has 5 nitrogen and oxygen atoms in total. The summed E-state index contributed by atoms with van der Waals surface area (Å²) in [5.74, 6) is 0. The summed E-state index contributed by atoms with van der Waals surface area (Å²) in [4.78, 5) is 26.0. The van der Waals surface area contributed by atoms with Gasteiger partial charge in [-0.2, -0.15) is 0 Å². The van der Waals surface area contributed by atoms with Crippen LogP contribution in [-0.2, 0) is 0 Å². The molecule has 3 rings (SSSR count). The zero-order valence-corrected chi connectivity index (χ0v) is 12.9. The van der Waals surface area contributed by atoms with Crippen molar-refractivity contribution in [2.24, 2.45) is 0 Å². The number of hydrogen-bond donors (Lipinski definition) is 2. The van der Waals surface area contributed by atoms with Crippen molar-refractivity contribution in [3.05, 3.63) is 35.9 Å². The van der Waals surface area contributed by atoms with Crippen molar-refractivity contribution < 1.29 is 9.59 Å². The second kappa shape index (κ2) is 6.38. The second-order valence-corrected chi connectivity index (χ2v) is 6.23. The molecule has 118 valence electrons. The van der Waals surface area contributed by atoms with E-state index >= 15 is 0 Å². The largest absolute Gasteiger partial charge is 0.335 e. The molecule has 1 saturated heterocycles. The molecule has 5 heteroatoms. The summed E-state index contributed by atoms with van der Waals surface area (Å²) < 4.78 is 0. The standard InChI is InChI=1S/C17H23N3O2/c1-12-15(13-8-4-2-5-9-13)19-17(22)20(12)16(21)18-14-10-6-3-7-11-14/h2,4-5,8-9,12,14-15H,3,6-7,10-11H2,1H3,(H,18,21)(H,19,22)/t12-,15+/m0/s1. The minimum atomic E-state index is -0.310. The summed E-state index contributed by atoms with van der Waals surface area (Å²) in [5, 5.41) is 5.93. The monoisotopic (exact) mass is 301 g/mol. The molecule has 0 bridgehead atoms. The molecule has 1 aliphatic carbocycles. The van der Waals surface area contributed by atoms with E-state index in [9.17, 15) is 9.59 Å². The smallest absolute Gasteiger partial charge is 0.326 e. The van der Waals surface area contributed by atoms with E-state index in [1.165, 1.54) is 11.3 Å². The zero-order chi connectivity index (χ0) is 15.5. The van der Waals surface area contributed by atoms with Crippen LogP contribution in [0.4, 0.5) is 9.59 Å². The number of carbonyl (C=O) groups excluding carboxylic acids is 2. The third-order valence-corrected chi connectivity index (χ3v) is 4.70. The predicted molar refractivity (Wildman–Crippen MR) is 84.4 cm³/mol. The van der Waals surface area contributed by atoms with Crippen molar-refractivity contribution in [3.8, 4) is 0 Å². The van der Waals surface area contributed by atoms with Crippen LogP contribution >= 0.6 is 0 Å². The number of amides is 4. The molecule has 22 heavy (non-hydrogen) atoms. The van der Waals surface area contributed by atoms with Gasteiger partial charge in [0.15, 0.2) is 0 Å². The summed E-state index contributed by atoms with van der Waals surface area (Å²) in [6.45, 7) is 1.91. The molecule has 0 radical (unpaired) electrons. The Morgan fingerprint density at radius 1 is 1.18 bits per heavy atom. The van der Waals surface area contributed by atoms with Crippen LogP contribution < -0.4 is 10.6 Å². The van der Waals surface area contributed by atoms with E-state index in [0.717, 1.165) is 31.2 Å². The number of benzene rings is 1. The number of nitrogens with one attached hydrogen (secondary N) is 2. The molecule has 1 heterocycles. The molecule has 0 aromatic heterocycles. The lowest BCUT2D eigenvalue weighted by Gasteiger charge is -2.27. The van der Waals surface area contributed by atoms with E-state index in [0.29, 0.717) is 0 Å². The fourth-order valence-corrected chi connectivity index (χ4v) is 3.45. The van der Waals surface area contributed by atoms with Crippen molar-refractivity contribution in [1.29, 1.82) is 0 Å². The van der Waals surface area contributed by atoms with Crippen LogP contribution in [0, 0.1) is 0 Å². The maximum Gasteiger partial charge on any atom is 0.326 e. The highest BCUT2D eigenvalue weighted by atomic mass is 16.2. The highest BCUT2D eigenvalue weighted by Crippen LogP contribution is 2.27. The van der Waals surface area contributed by atoms with Gasteiger partial charge in [0, 0.05) is 6.04 Å². The number of imide groups is 1. The summed E-state index contributed by atoms with van der Waals surface area (Å²) in [6.07, 6.45) is 5.57. The third kappa shape index (κ3) is 2.93. The van der Waals surface area contributed by atoms with Crippen molar-refractivity contribution in [1.82, 2.24) is 15.5 Å². The van der Waals surface area contributed by atoms with E-state index in [2.05, 4.69) is 10.6 Å². The average molecular weight is 301 g/mol. The Morgan fingerprint density at radius 3 is 2.55 bits per heavy atom. The van der Waals surface area contributed by atoms with E-state index in [1.807, 2.05) is 37.3 Å². The first-order valence-corrected chi connectivity index (χ1v) is 8.12. The average Bonchev–Trinajstić information content (AvgIpc) is 2.84. The van der Waals surface area contributed by atoms with Gasteiger partial charge in [0.1, 0.15) is 0 Å². The first kappa shape index (κ1) is 14.9. The lowest BCUT2D eigenvalue weighted by atomic mass is 9.95. The molecule has 0 spiro atoms. The number of urea groups is 2. The molecular formula is C17H23N3O2. The molecular weight excluding hydrogens is 278 g/mol. The van der Waals surface area contributed by atoms with Crippen molar-refractivity contribution in [3.63, 3.8) is 0 Å². The van der Waals surface area contributed by atoms with E-state index in [-0.39, 0.29) is 30.2 Å². The molecule has 1 saturated carbocycles. The van der Waals surface area contributed by atoms with Crippen LogP contribution in [0.5, 0.6) is 0 Å². The van der Waals surface area contributed by atoms with Crippen molar-refractivity contribution in [2.45, 2.75) is 57.2 Å². The van der Waals surface area contributed by atoms with E-state index < -0.39 is 0 Å². The van der Waals surface area contributed by atoms with Gasteiger partial charge in [0.25, 0.3) is 0 Å². The maximum absolute atomic E-state index is 12.5. The summed E-state index contributed by atoms with van der Waals surface area (Å²) in [5.41, 5.74) is 1.02. The van der Waals surface area contributed by atoms with Crippen molar-refractivity contribution in [2.75, 3.05) is 0 Å². The molecule has 1 aromatic carbocycles. The molecule has 0 unspecified atom stereocenters. The predicted octanol–water partition coefficient (Wildman–Crippen LogP) is 3.18. The van der Waals surface area contributed by atoms with Crippen LogP contribution in [0.1, 0.15) is 50.6 Å². The van der Waals surface area contributed by atoms with Crippen molar-refractivity contribution >= 4 is 12.1 Å². The number of carbonyl (C=O) groups is 2. The first-order chi connectivity index (χ1) is 10.7. The Kier molecular flexibility index (Phi) is 4.32. The van der Waals surface area contributed by atoms with Gasteiger partial charge < -0.3 is 10.6 Å². The number of rotatable bonds is 2. The van der Waals surface area contributed by atoms with Crippen LogP contribution in [0.2, 0.25) is 0 Å². The first-order valence-electron chi connectivity index (χ1n) is 8.12. The topological polar surface area (TPSA) is 61.4 Å². The Morgan fingerprint density at radius 2 is 1.86 bits per heavy atom. The molecule has 1 aliphatic heterocycles. The summed E-state index contributed by atoms with van der Waals surface area (Å²) >= 11 is 0.